The van der Waals surface area contributed by atoms with Crippen molar-refractivity contribution < 1.29 is 0 Å². The first kappa shape index (κ1) is 20.0. The maximum atomic E-state index is 2.18. The third kappa shape index (κ3) is 11.5. The zero-order chi connectivity index (χ0) is 15.3. The normalized spacial score (nSPS) is 11.6. The van der Waals surface area contributed by atoms with Gasteiger partial charge < -0.3 is 0 Å². The van der Waals surface area contributed by atoms with Gasteiger partial charge in [-0.2, -0.15) is 0 Å². The van der Waals surface area contributed by atoms with Crippen molar-refractivity contribution >= 4 is 0 Å². The molecule has 19 heavy (non-hydrogen) atoms. The van der Waals surface area contributed by atoms with E-state index in [0.717, 1.165) is 0 Å². The van der Waals surface area contributed by atoms with Crippen LogP contribution in [0.15, 0.2) is 47.6 Å². The van der Waals surface area contributed by atoms with Gasteiger partial charge in [-0.05, 0) is 34.1 Å². The Morgan fingerprint density at radius 1 is 0.579 bits per heavy atom. The summed E-state index contributed by atoms with van der Waals surface area (Å²) in [6, 6.07) is 8.48. The highest BCUT2D eigenvalue weighted by Gasteiger charge is 1.95. The van der Waals surface area contributed by atoms with E-state index in [9.17, 15) is 0 Å². The van der Waals surface area contributed by atoms with Gasteiger partial charge in [0.05, 0.1) is 0 Å². The fraction of sp³-hybridized carbons (Fsp3) is 0.474. The smallest absolute Gasteiger partial charge is 0.0108 e. The zero-order valence-electron chi connectivity index (χ0n) is 14.2. The van der Waals surface area contributed by atoms with Gasteiger partial charge in [-0.3, -0.25) is 0 Å². The van der Waals surface area contributed by atoms with Crippen LogP contribution in [0.4, 0.5) is 0 Å². The van der Waals surface area contributed by atoms with Crippen molar-refractivity contribution in [2.45, 2.75) is 61.8 Å². The molecule has 0 saturated heterocycles. The van der Waals surface area contributed by atoms with E-state index in [-0.39, 0.29) is 0 Å². The molecule has 0 radical (unpaired) electrons. The van der Waals surface area contributed by atoms with Gasteiger partial charge in [-0.1, -0.05) is 86.4 Å². The Morgan fingerprint density at radius 3 is 1.00 bits per heavy atom. The fourth-order valence-corrected chi connectivity index (χ4v) is 1.48. The molecule has 1 aliphatic rings. The second-order valence-corrected chi connectivity index (χ2v) is 4.36. The summed E-state index contributed by atoms with van der Waals surface area (Å²) in [5.74, 6) is 0. The fourth-order valence-electron chi connectivity index (χ4n) is 1.48. The highest BCUT2D eigenvalue weighted by Crippen LogP contribution is 2.16. The summed E-state index contributed by atoms with van der Waals surface area (Å²) in [6.07, 6.45) is 5.55. The Bertz CT molecular complexity index is 327. The maximum absolute atomic E-state index is 2.18. The molecule has 0 aliphatic heterocycles. The molecule has 0 heteroatoms. The molecule has 0 saturated carbocycles. The lowest BCUT2D eigenvalue weighted by Crippen LogP contribution is -1.70. The largest absolute Gasteiger partial charge is 0.0693 e. The molecular weight excluding hydrogens is 228 g/mol. The van der Waals surface area contributed by atoms with E-state index in [2.05, 4.69) is 64.1 Å². The van der Waals surface area contributed by atoms with Gasteiger partial charge in [0, 0.05) is 0 Å². The van der Waals surface area contributed by atoms with Crippen molar-refractivity contribution in [2.24, 2.45) is 0 Å². The summed E-state index contributed by atoms with van der Waals surface area (Å²) in [7, 11) is 0. The Balaban J connectivity index is 0. The minimum absolute atomic E-state index is 1.19. The van der Waals surface area contributed by atoms with Crippen LogP contribution in [0, 0.1) is 13.8 Å². The minimum atomic E-state index is 1.19. The number of allylic oxidation sites excluding steroid dienone is 4. The molecule has 0 aromatic heterocycles. The van der Waals surface area contributed by atoms with Crippen LogP contribution in [0.2, 0.25) is 0 Å². The van der Waals surface area contributed by atoms with Crippen molar-refractivity contribution in [3.63, 3.8) is 0 Å². The summed E-state index contributed by atoms with van der Waals surface area (Å²) >= 11 is 0. The number of hydrogen-bond acceptors (Lipinski definition) is 0. The molecule has 0 atom stereocenters. The van der Waals surface area contributed by atoms with E-state index < -0.39 is 0 Å². The summed E-state index contributed by atoms with van der Waals surface area (Å²) in [4.78, 5) is 0. The lowest BCUT2D eigenvalue weighted by Gasteiger charge is -1.90. The van der Waals surface area contributed by atoms with Crippen molar-refractivity contribution in [2.75, 3.05) is 0 Å². The maximum Gasteiger partial charge on any atom is -0.0108 e. The van der Waals surface area contributed by atoms with Crippen molar-refractivity contribution in [3.05, 3.63) is 58.7 Å². The summed E-state index contributed by atoms with van der Waals surface area (Å²) in [6.45, 7) is 16.5. The molecule has 1 aromatic carbocycles. The minimum Gasteiger partial charge on any atom is -0.0693 e. The van der Waals surface area contributed by atoms with Crippen molar-refractivity contribution in [3.8, 4) is 0 Å². The van der Waals surface area contributed by atoms with E-state index >= 15 is 0 Å². The number of rotatable bonds is 0. The van der Waals surface area contributed by atoms with Crippen LogP contribution < -0.4 is 0 Å². The quantitative estimate of drug-likeness (QED) is 0.490. The van der Waals surface area contributed by atoms with Crippen LogP contribution in [0.5, 0.6) is 0 Å². The van der Waals surface area contributed by atoms with E-state index in [1.165, 1.54) is 28.7 Å². The Hall–Kier alpha value is -1.30. The monoisotopic (exact) mass is 260 g/mol. The Morgan fingerprint density at radius 2 is 0.842 bits per heavy atom. The van der Waals surface area contributed by atoms with E-state index in [4.69, 9.17) is 0 Å². The van der Waals surface area contributed by atoms with Crippen LogP contribution >= 0.6 is 0 Å². The van der Waals surface area contributed by atoms with Crippen LogP contribution in [-0.4, -0.2) is 0 Å². The highest BCUT2D eigenvalue weighted by atomic mass is 14.0. The van der Waals surface area contributed by atoms with Gasteiger partial charge in [0.1, 0.15) is 0 Å². The average molecular weight is 260 g/mol. The molecule has 0 N–H and O–H groups in total. The second kappa shape index (κ2) is 13.1. The van der Waals surface area contributed by atoms with E-state index in [1.807, 2.05) is 27.7 Å². The molecular formula is C19H32. The highest BCUT2D eigenvalue weighted by molar-refractivity contribution is 5.27. The molecule has 0 heterocycles. The standard InChI is InChI=1S/C8H10.C7H10.2C2H6/c1-7-3-5-8(2)6-4-7;1-6-3-4-7(2)5-6;2*1-2/h3-6H,1-2H3;3-4H,5H2,1-2H3;2*1-2H3. The van der Waals surface area contributed by atoms with Crippen LogP contribution in [-0.2, 0) is 0 Å². The lowest BCUT2D eigenvalue weighted by molar-refractivity contribution is 1.15. The molecule has 0 bridgehead atoms. The Labute approximate surface area is 121 Å². The second-order valence-electron chi connectivity index (χ2n) is 4.36. The first-order valence-electron chi connectivity index (χ1n) is 7.44. The average Bonchev–Trinajstić information content (AvgIpc) is 2.82. The van der Waals surface area contributed by atoms with Gasteiger partial charge in [-0.15, -0.1) is 0 Å². The first-order chi connectivity index (χ1) is 9.08. The zero-order valence-corrected chi connectivity index (χ0v) is 14.2. The van der Waals surface area contributed by atoms with Gasteiger partial charge >= 0.3 is 0 Å². The van der Waals surface area contributed by atoms with E-state index in [0.29, 0.717) is 0 Å². The number of hydrogen-bond donors (Lipinski definition) is 0. The number of benzene rings is 1. The molecule has 0 nitrogen and oxygen atoms in total. The predicted octanol–water partition coefficient (Wildman–Crippen LogP) is 6.64. The van der Waals surface area contributed by atoms with Crippen LogP contribution in [0.1, 0.15) is 59.1 Å². The van der Waals surface area contributed by atoms with Crippen molar-refractivity contribution in [1.82, 2.24) is 0 Å². The molecule has 0 unspecified atom stereocenters. The first-order valence-corrected chi connectivity index (χ1v) is 7.44. The molecule has 108 valence electrons. The third-order valence-corrected chi connectivity index (χ3v) is 2.43. The van der Waals surface area contributed by atoms with Gasteiger partial charge in [0.25, 0.3) is 0 Å². The Kier molecular flexibility index (Phi) is 13.8. The molecule has 0 spiro atoms. The van der Waals surface area contributed by atoms with E-state index in [1.54, 1.807) is 0 Å². The van der Waals surface area contributed by atoms with Crippen LogP contribution in [0.3, 0.4) is 0 Å². The molecule has 0 amide bonds. The molecule has 1 aromatic rings. The predicted molar refractivity (Wildman–Crippen MR) is 90.7 cm³/mol. The number of aryl methyl sites for hydroxylation is 2. The van der Waals surface area contributed by atoms with Crippen LogP contribution in [0.25, 0.3) is 0 Å². The SMILES string of the molecule is CC.CC.CC1=CC=C(C)C1.Cc1ccc(C)cc1. The molecule has 2 rings (SSSR count). The third-order valence-electron chi connectivity index (χ3n) is 2.43. The van der Waals surface area contributed by atoms with Crippen molar-refractivity contribution in [1.29, 1.82) is 0 Å². The van der Waals surface area contributed by atoms with Gasteiger partial charge in [0.2, 0.25) is 0 Å². The summed E-state index contributed by atoms with van der Waals surface area (Å²) < 4.78 is 0. The summed E-state index contributed by atoms with van der Waals surface area (Å²) in [5, 5.41) is 0. The molecule has 1 aliphatic carbocycles. The van der Waals surface area contributed by atoms with Gasteiger partial charge in [0.15, 0.2) is 0 Å². The van der Waals surface area contributed by atoms with Gasteiger partial charge in [-0.25, -0.2) is 0 Å². The molecule has 0 fully saturated rings. The topological polar surface area (TPSA) is 0 Å². The lowest BCUT2D eigenvalue weighted by atomic mass is 10.2. The summed E-state index contributed by atoms with van der Waals surface area (Å²) in [5.41, 5.74) is 5.63.